The molecule has 1 heterocycles. The standard InChI is InChI=1S/C17H24N4O2/c1-13(14-7-4-3-5-8-14)20-17(18-2)19-11-12-21-15(22)9-6-10-16(21)23/h3-5,7-8,13H,6,9-12H2,1-2H3,(H2,18,19,20). The number of imide groups is 1. The second-order valence-electron chi connectivity index (χ2n) is 5.57. The molecular weight excluding hydrogens is 292 g/mol. The van der Waals surface area contributed by atoms with E-state index in [1.54, 1.807) is 7.05 Å². The molecule has 0 bridgehead atoms. The van der Waals surface area contributed by atoms with Gasteiger partial charge < -0.3 is 10.6 Å². The molecule has 0 spiro atoms. The van der Waals surface area contributed by atoms with Gasteiger partial charge in [-0.1, -0.05) is 30.3 Å². The lowest BCUT2D eigenvalue weighted by Crippen LogP contribution is -2.46. The number of guanidine groups is 1. The second kappa shape index (κ2) is 8.31. The number of aliphatic imine (C=N–C) groups is 1. The van der Waals surface area contributed by atoms with E-state index in [1.165, 1.54) is 4.90 Å². The fourth-order valence-electron chi connectivity index (χ4n) is 2.56. The van der Waals surface area contributed by atoms with Gasteiger partial charge in [0.25, 0.3) is 0 Å². The number of piperidine rings is 1. The SMILES string of the molecule is CN=C(NCCN1C(=O)CCCC1=O)NC(C)c1ccccc1. The van der Waals surface area contributed by atoms with Crippen molar-refractivity contribution in [3.63, 3.8) is 0 Å². The molecule has 0 saturated carbocycles. The van der Waals surface area contributed by atoms with Gasteiger partial charge in [0.1, 0.15) is 0 Å². The molecule has 1 aromatic rings. The van der Waals surface area contributed by atoms with Gasteiger partial charge in [0.05, 0.1) is 6.04 Å². The fraction of sp³-hybridized carbons (Fsp3) is 0.471. The Balaban J connectivity index is 1.81. The van der Waals surface area contributed by atoms with Crippen LogP contribution in [0.1, 0.15) is 37.8 Å². The van der Waals surface area contributed by atoms with Gasteiger partial charge in [0.2, 0.25) is 11.8 Å². The number of hydrogen-bond acceptors (Lipinski definition) is 3. The summed E-state index contributed by atoms with van der Waals surface area (Å²) >= 11 is 0. The van der Waals surface area contributed by atoms with Crippen LogP contribution >= 0.6 is 0 Å². The first-order valence-electron chi connectivity index (χ1n) is 7.97. The van der Waals surface area contributed by atoms with Crippen molar-refractivity contribution in [3.05, 3.63) is 35.9 Å². The monoisotopic (exact) mass is 316 g/mol. The summed E-state index contributed by atoms with van der Waals surface area (Å²) in [6, 6.07) is 10.2. The molecule has 1 aromatic carbocycles. The van der Waals surface area contributed by atoms with Gasteiger partial charge in [0.15, 0.2) is 5.96 Å². The molecule has 1 unspecified atom stereocenters. The van der Waals surface area contributed by atoms with Gasteiger partial charge in [-0.15, -0.1) is 0 Å². The third kappa shape index (κ3) is 4.81. The van der Waals surface area contributed by atoms with E-state index >= 15 is 0 Å². The molecule has 0 aromatic heterocycles. The first-order chi connectivity index (χ1) is 11.1. The number of hydrogen-bond donors (Lipinski definition) is 2. The number of rotatable bonds is 5. The lowest BCUT2D eigenvalue weighted by atomic mass is 10.1. The molecule has 1 aliphatic heterocycles. The minimum absolute atomic E-state index is 0.0800. The smallest absolute Gasteiger partial charge is 0.229 e. The first-order valence-corrected chi connectivity index (χ1v) is 7.97. The van der Waals surface area contributed by atoms with E-state index in [4.69, 9.17) is 0 Å². The van der Waals surface area contributed by atoms with Crippen molar-refractivity contribution in [3.8, 4) is 0 Å². The van der Waals surface area contributed by atoms with Gasteiger partial charge in [-0.3, -0.25) is 19.5 Å². The van der Waals surface area contributed by atoms with Gasteiger partial charge in [-0.25, -0.2) is 0 Å². The predicted octanol–water partition coefficient (Wildman–Crippen LogP) is 1.45. The topological polar surface area (TPSA) is 73.8 Å². The zero-order chi connectivity index (χ0) is 16.7. The van der Waals surface area contributed by atoms with E-state index in [9.17, 15) is 9.59 Å². The van der Waals surface area contributed by atoms with Crippen molar-refractivity contribution in [1.82, 2.24) is 15.5 Å². The number of carbonyl (C=O) groups excluding carboxylic acids is 2. The molecule has 1 saturated heterocycles. The molecule has 2 rings (SSSR count). The summed E-state index contributed by atoms with van der Waals surface area (Å²) in [6.45, 7) is 2.91. The molecule has 0 aliphatic carbocycles. The van der Waals surface area contributed by atoms with E-state index in [0.29, 0.717) is 38.3 Å². The van der Waals surface area contributed by atoms with Gasteiger partial charge in [-0.2, -0.15) is 0 Å². The average Bonchev–Trinajstić information content (AvgIpc) is 2.57. The van der Waals surface area contributed by atoms with Crippen LogP contribution in [0.5, 0.6) is 0 Å². The van der Waals surface area contributed by atoms with Crippen molar-refractivity contribution in [2.75, 3.05) is 20.1 Å². The van der Waals surface area contributed by atoms with Crippen LogP contribution in [0.15, 0.2) is 35.3 Å². The summed E-state index contributed by atoms with van der Waals surface area (Å²) in [6.07, 6.45) is 1.59. The Labute approximate surface area is 137 Å². The molecule has 2 amide bonds. The second-order valence-corrected chi connectivity index (χ2v) is 5.57. The minimum Gasteiger partial charge on any atom is -0.355 e. The molecule has 1 aliphatic rings. The number of carbonyl (C=O) groups is 2. The Morgan fingerprint density at radius 3 is 2.48 bits per heavy atom. The van der Waals surface area contributed by atoms with Crippen LogP contribution in [0, 0.1) is 0 Å². The van der Waals surface area contributed by atoms with Gasteiger partial charge in [-0.05, 0) is 18.9 Å². The van der Waals surface area contributed by atoms with Crippen LogP contribution in [-0.4, -0.2) is 42.8 Å². The van der Waals surface area contributed by atoms with Crippen LogP contribution in [0.2, 0.25) is 0 Å². The maximum absolute atomic E-state index is 11.7. The lowest BCUT2D eigenvalue weighted by molar-refractivity contribution is -0.147. The first kappa shape index (κ1) is 17.0. The Bertz CT molecular complexity index is 555. The number of nitrogens with one attached hydrogen (secondary N) is 2. The minimum atomic E-state index is -0.0800. The van der Waals surface area contributed by atoms with E-state index in [2.05, 4.69) is 34.7 Å². The van der Waals surface area contributed by atoms with E-state index in [1.807, 2.05) is 18.2 Å². The van der Waals surface area contributed by atoms with Crippen LogP contribution in [-0.2, 0) is 9.59 Å². The number of likely N-dealkylation sites (tertiary alicyclic amines) is 1. The van der Waals surface area contributed by atoms with Crippen LogP contribution in [0.4, 0.5) is 0 Å². The maximum atomic E-state index is 11.7. The third-order valence-electron chi connectivity index (χ3n) is 3.89. The number of nitrogens with zero attached hydrogens (tertiary/aromatic N) is 2. The summed E-state index contributed by atoms with van der Waals surface area (Å²) in [5.41, 5.74) is 1.16. The van der Waals surface area contributed by atoms with E-state index < -0.39 is 0 Å². The average molecular weight is 316 g/mol. The highest BCUT2D eigenvalue weighted by Gasteiger charge is 2.25. The zero-order valence-corrected chi connectivity index (χ0v) is 13.7. The number of amides is 2. The van der Waals surface area contributed by atoms with Crippen molar-refractivity contribution in [2.24, 2.45) is 4.99 Å². The molecule has 124 valence electrons. The molecule has 2 N–H and O–H groups in total. The zero-order valence-electron chi connectivity index (χ0n) is 13.7. The van der Waals surface area contributed by atoms with Crippen LogP contribution in [0.3, 0.4) is 0 Å². The summed E-state index contributed by atoms with van der Waals surface area (Å²) in [7, 11) is 1.70. The molecule has 0 radical (unpaired) electrons. The van der Waals surface area contributed by atoms with Gasteiger partial charge in [0, 0.05) is 33.0 Å². The number of benzene rings is 1. The molecule has 1 fully saturated rings. The Hall–Kier alpha value is -2.37. The van der Waals surface area contributed by atoms with Gasteiger partial charge >= 0.3 is 0 Å². The largest absolute Gasteiger partial charge is 0.355 e. The summed E-state index contributed by atoms with van der Waals surface area (Å²) in [4.78, 5) is 29.0. The fourth-order valence-corrected chi connectivity index (χ4v) is 2.56. The van der Waals surface area contributed by atoms with Crippen LogP contribution < -0.4 is 10.6 Å². The van der Waals surface area contributed by atoms with Crippen molar-refractivity contribution in [2.45, 2.75) is 32.2 Å². The lowest BCUT2D eigenvalue weighted by Gasteiger charge is -2.25. The summed E-state index contributed by atoms with van der Waals surface area (Å²) in [5, 5.41) is 6.44. The third-order valence-corrected chi connectivity index (χ3v) is 3.89. The van der Waals surface area contributed by atoms with Crippen LogP contribution in [0.25, 0.3) is 0 Å². The highest BCUT2D eigenvalue weighted by atomic mass is 16.2. The Kier molecular flexibility index (Phi) is 6.14. The highest BCUT2D eigenvalue weighted by Crippen LogP contribution is 2.12. The molecule has 6 heteroatoms. The summed E-state index contributed by atoms with van der Waals surface area (Å²) < 4.78 is 0. The predicted molar refractivity (Wildman–Crippen MR) is 89.9 cm³/mol. The van der Waals surface area contributed by atoms with E-state index in [-0.39, 0.29) is 17.9 Å². The normalized spacial score (nSPS) is 17.1. The Morgan fingerprint density at radius 2 is 1.87 bits per heavy atom. The molecule has 23 heavy (non-hydrogen) atoms. The maximum Gasteiger partial charge on any atom is 0.229 e. The van der Waals surface area contributed by atoms with Crippen molar-refractivity contribution >= 4 is 17.8 Å². The molecule has 6 nitrogen and oxygen atoms in total. The molecular formula is C17H24N4O2. The quantitative estimate of drug-likeness (QED) is 0.490. The molecule has 1 atom stereocenters. The summed E-state index contributed by atoms with van der Waals surface area (Å²) in [5.74, 6) is 0.491. The van der Waals surface area contributed by atoms with Crippen molar-refractivity contribution in [1.29, 1.82) is 0 Å². The van der Waals surface area contributed by atoms with E-state index in [0.717, 1.165) is 5.56 Å². The Morgan fingerprint density at radius 1 is 1.22 bits per heavy atom. The highest BCUT2D eigenvalue weighted by molar-refractivity contribution is 5.97. The van der Waals surface area contributed by atoms with Crippen molar-refractivity contribution < 1.29 is 9.59 Å².